The maximum absolute atomic E-state index is 14.9. The average Bonchev–Trinajstić information content (AvgIpc) is 3.44. The van der Waals surface area contributed by atoms with Crippen LogP contribution in [0.5, 0.6) is 0 Å². The van der Waals surface area contributed by atoms with Crippen molar-refractivity contribution in [1.82, 2.24) is 9.80 Å². The van der Waals surface area contributed by atoms with E-state index in [0.29, 0.717) is 21.8 Å². The lowest BCUT2D eigenvalue weighted by molar-refractivity contribution is -0.138. The molecule has 1 saturated heterocycles. The van der Waals surface area contributed by atoms with E-state index in [2.05, 4.69) is 10.2 Å². The van der Waals surface area contributed by atoms with Crippen molar-refractivity contribution in [3.8, 4) is 0 Å². The summed E-state index contributed by atoms with van der Waals surface area (Å²) in [5.74, 6) is -1.19. The standard InChI is InChI=1S/C26H24ClFN4O3/c1-25(2,28)11-20(31-13-15-8-9-16(27)10-17(15)22(31)33)23(34)32-14-26(12-21(32)29-3)18-6-4-5-7-19(18)30-24(26)35/h4-10,20-21H,11-14H2,1-2H3,(H,30,35)/t20-,21-,26-/m0/s1. The molecule has 3 heterocycles. The highest BCUT2D eigenvalue weighted by atomic mass is 35.5. The fourth-order valence-corrected chi connectivity index (χ4v) is 5.66. The minimum atomic E-state index is -1.75. The molecule has 3 atom stereocenters. The van der Waals surface area contributed by atoms with Crippen LogP contribution < -0.4 is 5.32 Å². The molecule has 2 aromatic rings. The highest BCUT2D eigenvalue weighted by Gasteiger charge is 2.59. The third-order valence-corrected chi connectivity index (χ3v) is 7.37. The molecule has 2 aromatic carbocycles. The van der Waals surface area contributed by atoms with Gasteiger partial charge in [-0.05, 0) is 43.2 Å². The molecule has 1 N–H and O–H groups in total. The molecule has 0 aromatic heterocycles. The van der Waals surface area contributed by atoms with Gasteiger partial charge in [-0.25, -0.2) is 11.0 Å². The Morgan fingerprint density at radius 1 is 1.31 bits per heavy atom. The Morgan fingerprint density at radius 3 is 2.77 bits per heavy atom. The Hall–Kier alpha value is -3.44. The van der Waals surface area contributed by atoms with Gasteiger partial charge in [-0.1, -0.05) is 35.9 Å². The van der Waals surface area contributed by atoms with Crippen LogP contribution in [-0.2, 0) is 21.5 Å². The van der Waals surface area contributed by atoms with Gasteiger partial charge in [-0.2, -0.15) is 0 Å². The molecule has 3 aliphatic heterocycles. The number of anilines is 1. The van der Waals surface area contributed by atoms with Gasteiger partial charge in [0, 0.05) is 35.8 Å². The largest absolute Gasteiger partial charge is 0.325 e. The zero-order valence-corrected chi connectivity index (χ0v) is 20.1. The smallest absolute Gasteiger partial charge is 0.302 e. The first-order chi connectivity index (χ1) is 16.5. The summed E-state index contributed by atoms with van der Waals surface area (Å²) in [4.78, 5) is 46.7. The van der Waals surface area contributed by atoms with Crippen molar-refractivity contribution in [2.75, 3.05) is 11.9 Å². The lowest BCUT2D eigenvalue weighted by Gasteiger charge is -2.33. The highest BCUT2D eigenvalue weighted by Crippen LogP contribution is 2.47. The molecule has 35 heavy (non-hydrogen) atoms. The molecule has 0 radical (unpaired) electrons. The molecule has 1 fully saturated rings. The quantitative estimate of drug-likeness (QED) is 0.648. The predicted octanol–water partition coefficient (Wildman–Crippen LogP) is 4.17. The molecule has 0 aliphatic carbocycles. The number of halogens is 2. The van der Waals surface area contributed by atoms with Crippen molar-refractivity contribution in [3.05, 3.63) is 75.6 Å². The predicted molar refractivity (Wildman–Crippen MR) is 128 cm³/mol. The first-order valence-electron chi connectivity index (χ1n) is 11.4. The van der Waals surface area contributed by atoms with Crippen molar-refractivity contribution in [3.63, 3.8) is 0 Å². The molecule has 0 bridgehead atoms. The van der Waals surface area contributed by atoms with E-state index < -0.39 is 35.1 Å². The van der Waals surface area contributed by atoms with Crippen LogP contribution in [0.2, 0.25) is 5.02 Å². The van der Waals surface area contributed by atoms with Gasteiger partial charge >= 0.3 is 6.17 Å². The lowest BCUT2D eigenvalue weighted by atomic mass is 9.80. The summed E-state index contributed by atoms with van der Waals surface area (Å²) in [6.45, 7) is 10.6. The Kier molecular flexibility index (Phi) is 5.37. The summed E-state index contributed by atoms with van der Waals surface area (Å²) < 4.78 is 14.9. The first-order valence-corrected chi connectivity index (χ1v) is 11.8. The first kappa shape index (κ1) is 23.3. The van der Waals surface area contributed by atoms with Crippen LogP contribution in [0.1, 0.15) is 48.2 Å². The van der Waals surface area contributed by atoms with Crippen molar-refractivity contribution in [1.29, 1.82) is 0 Å². The molecule has 7 nitrogen and oxygen atoms in total. The van der Waals surface area contributed by atoms with E-state index in [0.717, 1.165) is 5.56 Å². The molecular weight excluding hydrogens is 471 g/mol. The van der Waals surface area contributed by atoms with Crippen molar-refractivity contribution in [2.45, 2.75) is 56.5 Å². The van der Waals surface area contributed by atoms with Crippen LogP contribution in [0.25, 0.3) is 4.85 Å². The normalized spacial score (nSPS) is 23.8. The second kappa shape index (κ2) is 8.06. The zero-order chi connectivity index (χ0) is 25.1. The van der Waals surface area contributed by atoms with E-state index in [4.69, 9.17) is 18.2 Å². The number of amides is 3. The molecule has 3 amide bonds. The van der Waals surface area contributed by atoms with Crippen LogP contribution in [-0.4, -0.2) is 51.9 Å². The molecule has 5 rings (SSSR count). The van der Waals surface area contributed by atoms with E-state index >= 15 is 0 Å². The Bertz CT molecular complexity index is 1300. The summed E-state index contributed by atoms with van der Waals surface area (Å²) in [5, 5.41) is 3.26. The molecule has 1 spiro atoms. The van der Waals surface area contributed by atoms with Gasteiger partial charge in [0.25, 0.3) is 11.8 Å². The second-order valence-electron chi connectivity index (χ2n) is 10.0. The summed E-state index contributed by atoms with van der Waals surface area (Å²) in [6.07, 6.45) is -1.00. The fraction of sp³-hybridized carbons (Fsp3) is 0.385. The number of benzene rings is 2. The van der Waals surface area contributed by atoms with E-state index in [1.165, 1.54) is 23.6 Å². The Labute approximate surface area is 207 Å². The van der Waals surface area contributed by atoms with E-state index in [-0.39, 0.29) is 31.8 Å². The van der Waals surface area contributed by atoms with Crippen LogP contribution in [0.4, 0.5) is 10.1 Å². The number of nitrogens with one attached hydrogen (secondary N) is 1. The maximum atomic E-state index is 14.9. The maximum Gasteiger partial charge on any atom is 0.302 e. The molecule has 3 aliphatic rings. The van der Waals surface area contributed by atoms with E-state index in [1.54, 1.807) is 24.3 Å². The number of rotatable bonds is 4. The third-order valence-electron chi connectivity index (χ3n) is 7.13. The molecule has 0 unspecified atom stereocenters. The van der Waals surface area contributed by atoms with Gasteiger partial charge in [-0.3, -0.25) is 24.1 Å². The number of likely N-dealkylation sites (tertiary alicyclic amines) is 1. The second-order valence-corrected chi connectivity index (χ2v) is 10.5. The summed E-state index contributed by atoms with van der Waals surface area (Å²) in [5.41, 5.74) is -0.305. The van der Waals surface area contributed by atoms with E-state index in [1.807, 2.05) is 18.2 Å². The van der Waals surface area contributed by atoms with Gasteiger partial charge in [0.2, 0.25) is 5.91 Å². The van der Waals surface area contributed by atoms with Gasteiger partial charge in [-0.15, -0.1) is 0 Å². The number of alkyl halides is 1. The summed E-state index contributed by atoms with van der Waals surface area (Å²) in [6, 6.07) is 11.1. The van der Waals surface area contributed by atoms with Crippen LogP contribution in [0, 0.1) is 6.57 Å². The van der Waals surface area contributed by atoms with Crippen molar-refractivity contribution >= 4 is 35.0 Å². The zero-order valence-electron chi connectivity index (χ0n) is 19.3. The SMILES string of the molecule is [C-]#[N+][C@@H]1C[C@@]2(CN1C(=O)[C@H](CC(C)(C)F)N1Cc3ccc(Cl)cc3C1=O)C(=O)Nc1ccccc12. The number of hydrogen-bond donors (Lipinski definition) is 1. The van der Waals surface area contributed by atoms with Gasteiger partial charge < -0.3 is 10.2 Å². The minimum Gasteiger partial charge on any atom is -0.325 e. The molecule has 9 heteroatoms. The molecular formula is C26H24ClFN4O3. The monoisotopic (exact) mass is 494 g/mol. The average molecular weight is 495 g/mol. The lowest BCUT2D eigenvalue weighted by Crippen LogP contribution is -2.52. The highest BCUT2D eigenvalue weighted by molar-refractivity contribution is 6.31. The van der Waals surface area contributed by atoms with Gasteiger partial charge in [0.15, 0.2) is 0 Å². The van der Waals surface area contributed by atoms with Crippen LogP contribution in [0.15, 0.2) is 42.5 Å². The van der Waals surface area contributed by atoms with Crippen LogP contribution >= 0.6 is 11.6 Å². The van der Waals surface area contributed by atoms with Gasteiger partial charge in [0.1, 0.15) is 17.1 Å². The topological polar surface area (TPSA) is 74.1 Å². The molecule has 180 valence electrons. The number of para-hydroxylation sites is 1. The Balaban J connectivity index is 1.50. The Morgan fingerprint density at radius 2 is 2.06 bits per heavy atom. The minimum absolute atomic E-state index is 0.00819. The summed E-state index contributed by atoms with van der Waals surface area (Å²) in [7, 11) is 0. The number of carbonyl (C=O) groups is 3. The molecule has 0 saturated carbocycles. The van der Waals surface area contributed by atoms with E-state index in [9.17, 15) is 18.8 Å². The van der Waals surface area contributed by atoms with Gasteiger partial charge in [0.05, 0.1) is 6.42 Å². The number of nitrogens with zero attached hydrogens (tertiary/aromatic N) is 3. The number of hydrogen-bond acceptors (Lipinski definition) is 3. The number of carbonyl (C=O) groups excluding carboxylic acids is 3. The number of fused-ring (bicyclic) bond motifs is 3. The fourth-order valence-electron chi connectivity index (χ4n) is 5.49. The van der Waals surface area contributed by atoms with Crippen molar-refractivity contribution < 1.29 is 18.8 Å². The summed E-state index contributed by atoms with van der Waals surface area (Å²) >= 11 is 6.07. The third kappa shape index (κ3) is 3.75. The van der Waals surface area contributed by atoms with Crippen LogP contribution in [0.3, 0.4) is 0 Å². The van der Waals surface area contributed by atoms with Crippen molar-refractivity contribution in [2.24, 2.45) is 0 Å².